The maximum Gasteiger partial charge on any atom is 0.0964 e. The van der Waals surface area contributed by atoms with Crippen LogP contribution in [-0.4, -0.2) is 22.0 Å². The summed E-state index contributed by atoms with van der Waals surface area (Å²) in [6.07, 6.45) is 5.93. The molecule has 1 heterocycles. The molecule has 4 heteroatoms. The Morgan fingerprint density at radius 2 is 2.00 bits per heavy atom. The lowest BCUT2D eigenvalue weighted by Gasteiger charge is -2.31. The summed E-state index contributed by atoms with van der Waals surface area (Å²) in [5.74, 6) is 1.62. The number of hydrogen-bond acceptors (Lipinski definition) is 3. The molecule has 1 saturated carbocycles. The third kappa shape index (κ3) is 2.61. The first kappa shape index (κ1) is 11.6. The van der Waals surface area contributed by atoms with Gasteiger partial charge in [-0.2, -0.15) is 0 Å². The quantitative estimate of drug-likeness (QED) is 0.850. The highest BCUT2D eigenvalue weighted by molar-refractivity contribution is 4.93. The Kier molecular flexibility index (Phi) is 3.59. The minimum absolute atomic E-state index is 0.553. The Morgan fingerprint density at radius 1 is 1.31 bits per heavy atom. The highest BCUT2D eigenvalue weighted by Gasteiger charge is 2.25. The zero-order chi connectivity index (χ0) is 11.5. The van der Waals surface area contributed by atoms with Gasteiger partial charge >= 0.3 is 0 Å². The van der Waals surface area contributed by atoms with E-state index in [1.165, 1.54) is 19.3 Å². The zero-order valence-corrected chi connectivity index (χ0v) is 10.5. The molecule has 4 nitrogen and oxygen atoms in total. The van der Waals surface area contributed by atoms with Gasteiger partial charge in [0, 0.05) is 6.54 Å². The molecule has 2 atom stereocenters. The van der Waals surface area contributed by atoms with Gasteiger partial charge in [-0.25, -0.2) is 4.68 Å². The third-order valence-electron chi connectivity index (χ3n) is 3.44. The minimum Gasteiger partial charge on any atom is -0.314 e. The highest BCUT2D eigenvalue weighted by Crippen LogP contribution is 2.35. The third-order valence-corrected chi connectivity index (χ3v) is 3.44. The van der Waals surface area contributed by atoms with Crippen LogP contribution in [0.5, 0.6) is 0 Å². The van der Waals surface area contributed by atoms with Gasteiger partial charge in [0.05, 0.1) is 17.9 Å². The van der Waals surface area contributed by atoms with Crippen molar-refractivity contribution >= 4 is 0 Å². The van der Waals surface area contributed by atoms with E-state index in [0.717, 1.165) is 24.1 Å². The van der Waals surface area contributed by atoms with Gasteiger partial charge in [0.25, 0.3) is 0 Å². The lowest BCUT2D eigenvalue weighted by atomic mass is 9.80. The molecule has 1 N–H and O–H groups in total. The van der Waals surface area contributed by atoms with E-state index in [1.54, 1.807) is 0 Å². The molecule has 0 aromatic carbocycles. The normalized spacial score (nSPS) is 30.6. The monoisotopic (exact) mass is 222 g/mol. The Labute approximate surface area is 97.4 Å². The molecule has 0 spiro atoms. The van der Waals surface area contributed by atoms with Crippen molar-refractivity contribution in [3.05, 3.63) is 11.9 Å². The second-order valence-corrected chi connectivity index (χ2v) is 5.29. The van der Waals surface area contributed by atoms with Gasteiger partial charge < -0.3 is 5.32 Å². The van der Waals surface area contributed by atoms with E-state index in [2.05, 4.69) is 40.4 Å². The molecule has 2 rings (SSSR count). The van der Waals surface area contributed by atoms with Crippen molar-refractivity contribution in [2.75, 3.05) is 7.05 Å². The molecule has 0 bridgehead atoms. The standard InChI is InChI=1S/C12H22N4/c1-9-4-10(2)6-12(5-9)16-8-11(7-13-3)14-15-16/h8-10,12-13H,4-7H2,1-3H3. The van der Waals surface area contributed by atoms with Crippen LogP contribution in [0.1, 0.15) is 44.8 Å². The Bertz CT molecular complexity index is 324. The van der Waals surface area contributed by atoms with Crippen LogP contribution >= 0.6 is 0 Å². The molecular formula is C12H22N4. The van der Waals surface area contributed by atoms with Gasteiger partial charge in [-0.05, 0) is 38.1 Å². The van der Waals surface area contributed by atoms with Crippen molar-refractivity contribution in [2.24, 2.45) is 11.8 Å². The van der Waals surface area contributed by atoms with Crippen LogP contribution in [0.2, 0.25) is 0 Å². The fourth-order valence-electron chi connectivity index (χ4n) is 2.87. The second kappa shape index (κ2) is 4.95. The van der Waals surface area contributed by atoms with Crippen molar-refractivity contribution < 1.29 is 0 Å². The molecule has 1 aliphatic carbocycles. The maximum absolute atomic E-state index is 4.25. The summed E-state index contributed by atoms with van der Waals surface area (Å²) in [6.45, 7) is 5.49. The number of aromatic nitrogens is 3. The fraction of sp³-hybridized carbons (Fsp3) is 0.833. The maximum atomic E-state index is 4.25. The first-order valence-electron chi connectivity index (χ1n) is 6.24. The van der Waals surface area contributed by atoms with E-state index in [-0.39, 0.29) is 0 Å². The molecule has 16 heavy (non-hydrogen) atoms. The molecule has 1 aromatic rings. The number of nitrogens with one attached hydrogen (secondary N) is 1. The van der Waals surface area contributed by atoms with Gasteiger partial charge in [-0.3, -0.25) is 0 Å². The minimum atomic E-state index is 0.553. The van der Waals surface area contributed by atoms with E-state index in [9.17, 15) is 0 Å². The highest BCUT2D eigenvalue weighted by atomic mass is 15.4. The largest absolute Gasteiger partial charge is 0.314 e. The predicted molar refractivity (Wildman–Crippen MR) is 64.0 cm³/mol. The summed E-state index contributed by atoms with van der Waals surface area (Å²) in [4.78, 5) is 0. The smallest absolute Gasteiger partial charge is 0.0964 e. The van der Waals surface area contributed by atoms with E-state index in [0.29, 0.717) is 6.04 Å². The van der Waals surface area contributed by atoms with Gasteiger partial charge in [0.15, 0.2) is 0 Å². The average Bonchev–Trinajstić information content (AvgIpc) is 2.65. The lowest BCUT2D eigenvalue weighted by molar-refractivity contribution is 0.208. The van der Waals surface area contributed by atoms with E-state index in [1.807, 2.05) is 7.05 Å². The molecule has 0 aliphatic heterocycles. The Hall–Kier alpha value is -0.900. The van der Waals surface area contributed by atoms with Gasteiger partial charge in [0.2, 0.25) is 0 Å². The predicted octanol–water partition coefficient (Wildman–Crippen LogP) is 1.99. The van der Waals surface area contributed by atoms with Crippen LogP contribution in [0.3, 0.4) is 0 Å². The van der Waals surface area contributed by atoms with Gasteiger partial charge in [-0.1, -0.05) is 19.1 Å². The Balaban J connectivity index is 2.04. The molecule has 90 valence electrons. The van der Waals surface area contributed by atoms with E-state index in [4.69, 9.17) is 0 Å². The summed E-state index contributed by atoms with van der Waals surface area (Å²) in [6, 6.07) is 0.553. The number of hydrogen-bond donors (Lipinski definition) is 1. The molecule has 1 aromatic heterocycles. The number of nitrogens with zero attached hydrogens (tertiary/aromatic N) is 3. The second-order valence-electron chi connectivity index (χ2n) is 5.29. The SMILES string of the molecule is CNCc1cn(C2CC(C)CC(C)C2)nn1. The summed E-state index contributed by atoms with van der Waals surface area (Å²) in [5.41, 5.74) is 1.04. The topological polar surface area (TPSA) is 42.7 Å². The van der Waals surface area contributed by atoms with Crippen LogP contribution in [0, 0.1) is 11.8 Å². The molecule has 2 unspecified atom stereocenters. The van der Waals surface area contributed by atoms with Crippen molar-refractivity contribution in [1.29, 1.82) is 0 Å². The van der Waals surface area contributed by atoms with Crippen LogP contribution in [-0.2, 0) is 6.54 Å². The summed E-state index contributed by atoms with van der Waals surface area (Å²) < 4.78 is 2.07. The van der Waals surface area contributed by atoms with E-state index < -0.39 is 0 Å². The van der Waals surface area contributed by atoms with Crippen LogP contribution in [0.25, 0.3) is 0 Å². The summed E-state index contributed by atoms with van der Waals surface area (Å²) in [5, 5.41) is 11.5. The molecular weight excluding hydrogens is 200 g/mol. The first-order chi connectivity index (χ1) is 7.69. The van der Waals surface area contributed by atoms with Crippen LogP contribution in [0.4, 0.5) is 0 Å². The average molecular weight is 222 g/mol. The first-order valence-corrected chi connectivity index (χ1v) is 6.24. The number of rotatable bonds is 3. The molecule has 0 saturated heterocycles. The molecule has 1 fully saturated rings. The van der Waals surface area contributed by atoms with Crippen molar-refractivity contribution in [1.82, 2.24) is 20.3 Å². The van der Waals surface area contributed by atoms with Gasteiger partial charge in [0.1, 0.15) is 0 Å². The summed E-state index contributed by atoms with van der Waals surface area (Å²) in [7, 11) is 1.93. The van der Waals surface area contributed by atoms with Crippen LogP contribution < -0.4 is 5.32 Å². The molecule has 1 aliphatic rings. The Morgan fingerprint density at radius 3 is 2.62 bits per heavy atom. The molecule has 0 radical (unpaired) electrons. The van der Waals surface area contributed by atoms with Crippen LogP contribution in [0.15, 0.2) is 6.20 Å². The zero-order valence-electron chi connectivity index (χ0n) is 10.5. The van der Waals surface area contributed by atoms with Crippen molar-refractivity contribution in [2.45, 2.75) is 45.7 Å². The van der Waals surface area contributed by atoms with E-state index >= 15 is 0 Å². The van der Waals surface area contributed by atoms with Crippen molar-refractivity contribution in [3.63, 3.8) is 0 Å². The van der Waals surface area contributed by atoms with Gasteiger partial charge in [-0.15, -0.1) is 5.10 Å². The summed E-state index contributed by atoms with van der Waals surface area (Å²) >= 11 is 0. The lowest BCUT2D eigenvalue weighted by Crippen LogP contribution is -2.23. The van der Waals surface area contributed by atoms with Crippen molar-refractivity contribution in [3.8, 4) is 0 Å². The molecule has 0 amide bonds. The fourth-order valence-corrected chi connectivity index (χ4v) is 2.87.